The minimum Gasteiger partial charge on any atom is -0.456 e. The summed E-state index contributed by atoms with van der Waals surface area (Å²) in [5, 5.41) is 13.1. The van der Waals surface area contributed by atoms with Crippen LogP contribution in [0.1, 0.15) is 16.1 Å². The van der Waals surface area contributed by atoms with Gasteiger partial charge in [-0.25, -0.2) is 0 Å². The highest BCUT2D eigenvalue weighted by Crippen LogP contribution is 2.31. The highest BCUT2D eigenvalue weighted by Gasteiger charge is 2.16. The monoisotopic (exact) mass is 369 g/mol. The number of hydrogen-bond acceptors (Lipinski definition) is 4. The van der Waals surface area contributed by atoms with E-state index in [0.29, 0.717) is 22.6 Å². The van der Waals surface area contributed by atoms with Gasteiger partial charge in [-0.05, 0) is 41.1 Å². The first-order chi connectivity index (χ1) is 13.6. The molecule has 0 saturated carbocycles. The van der Waals surface area contributed by atoms with Crippen molar-refractivity contribution >= 4 is 28.3 Å². The number of fused-ring (bicyclic) bond motifs is 1. The number of nitro groups is 1. The Bertz CT molecular complexity index is 1210. The molecule has 0 fully saturated rings. The van der Waals surface area contributed by atoms with Crippen molar-refractivity contribution in [3.05, 3.63) is 106 Å². The molecule has 3 aromatic carbocycles. The number of carbonyl (C=O) groups excluding carboxylic acids is 1. The Morgan fingerprint density at radius 3 is 2.50 bits per heavy atom. The number of nitro benzene ring substituents is 1. The van der Waals surface area contributed by atoms with Crippen molar-refractivity contribution in [2.75, 3.05) is 0 Å². The fourth-order valence-electron chi connectivity index (χ4n) is 3.12. The standard InChI is InChI=1S/C23H15NO4/c25-22(19-10-5-7-16-6-1-2-8-18(16)19)14-12-17-13-15-23(28-17)20-9-3-4-11-21(20)24(26)27/h1-15H. The molecule has 1 aromatic heterocycles. The first-order valence-electron chi connectivity index (χ1n) is 8.67. The van der Waals surface area contributed by atoms with Gasteiger partial charge in [-0.1, -0.05) is 54.6 Å². The van der Waals surface area contributed by atoms with E-state index in [1.807, 2.05) is 36.4 Å². The summed E-state index contributed by atoms with van der Waals surface area (Å²) >= 11 is 0. The number of allylic oxidation sites excluding steroid dienone is 1. The minimum absolute atomic E-state index is 0.0285. The van der Waals surface area contributed by atoms with Gasteiger partial charge < -0.3 is 4.42 Å². The zero-order valence-corrected chi connectivity index (χ0v) is 14.7. The summed E-state index contributed by atoms with van der Waals surface area (Å²) in [6, 6.07) is 23.0. The van der Waals surface area contributed by atoms with E-state index in [1.165, 1.54) is 12.1 Å². The molecule has 4 aromatic rings. The minimum atomic E-state index is -0.447. The fourth-order valence-corrected chi connectivity index (χ4v) is 3.12. The van der Waals surface area contributed by atoms with E-state index in [9.17, 15) is 14.9 Å². The topological polar surface area (TPSA) is 73.3 Å². The van der Waals surface area contributed by atoms with Crippen molar-refractivity contribution in [1.82, 2.24) is 0 Å². The largest absolute Gasteiger partial charge is 0.456 e. The van der Waals surface area contributed by atoms with Crippen molar-refractivity contribution in [3.8, 4) is 11.3 Å². The third-order valence-electron chi connectivity index (χ3n) is 4.45. The van der Waals surface area contributed by atoms with E-state index >= 15 is 0 Å². The Morgan fingerprint density at radius 1 is 0.893 bits per heavy atom. The lowest BCUT2D eigenvalue weighted by Gasteiger charge is -2.02. The summed E-state index contributed by atoms with van der Waals surface area (Å²) in [4.78, 5) is 23.4. The molecule has 0 bridgehead atoms. The number of para-hydroxylation sites is 1. The third kappa shape index (κ3) is 3.33. The molecule has 28 heavy (non-hydrogen) atoms. The highest BCUT2D eigenvalue weighted by molar-refractivity contribution is 6.14. The Kier molecular flexibility index (Phi) is 4.56. The lowest BCUT2D eigenvalue weighted by molar-refractivity contribution is -0.384. The summed E-state index contributed by atoms with van der Waals surface area (Å²) < 4.78 is 5.69. The van der Waals surface area contributed by atoms with E-state index in [0.717, 1.165) is 10.8 Å². The molecule has 1 heterocycles. The number of ketones is 1. The summed E-state index contributed by atoms with van der Waals surface area (Å²) in [6.45, 7) is 0. The predicted octanol–water partition coefficient (Wildman–Crippen LogP) is 5.90. The predicted molar refractivity (Wildman–Crippen MR) is 108 cm³/mol. The lowest BCUT2D eigenvalue weighted by Crippen LogP contribution is -1.95. The number of carbonyl (C=O) groups is 1. The Balaban J connectivity index is 1.61. The van der Waals surface area contributed by atoms with Crippen molar-refractivity contribution in [2.45, 2.75) is 0 Å². The van der Waals surface area contributed by atoms with Gasteiger partial charge in [0.1, 0.15) is 11.5 Å². The molecule has 0 unspecified atom stereocenters. The SMILES string of the molecule is O=C(C=Cc1ccc(-c2ccccc2[N+](=O)[O-])o1)c1cccc2ccccc12. The Hall–Kier alpha value is -3.99. The molecule has 0 aliphatic rings. The smallest absolute Gasteiger partial charge is 0.280 e. The highest BCUT2D eigenvalue weighted by atomic mass is 16.6. The average molecular weight is 369 g/mol. The van der Waals surface area contributed by atoms with Gasteiger partial charge in [-0.3, -0.25) is 14.9 Å². The molecule has 0 amide bonds. The number of rotatable bonds is 5. The lowest BCUT2D eigenvalue weighted by atomic mass is 10.0. The van der Waals surface area contributed by atoms with Gasteiger partial charge in [0, 0.05) is 11.6 Å². The maximum absolute atomic E-state index is 12.6. The molecule has 0 spiro atoms. The Morgan fingerprint density at radius 2 is 1.64 bits per heavy atom. The zero-order valence-electron chi connectivity index (χ0n) is 14.7. The normalized spacial score (nSPS) is 11.1. The zero-order chi connectivity index (χ0) is 19.5. The van der Waals surface area contributed by atoms with Crippen LogP contribution in [0.15, 0.2) is 89.4 Å². The van der Waals surface area contributed by atoms with Crippen LogP contribution in [0.2, 0.25) is 0 Å². The first kappa shape index (κ1) is 17.4. The van der Waals surface area contributed by atoms with Crippen LogP contribution in [0.25, 0.3) is 28.2 Å². The molecule has 0 aliphatic carbocycles. The summed E-state index contributed by atoms with van der Waals surface area (Å²) in [7, 11) is 0. The van der Waals surface area contributed by atoms with Crippen molar-refractivity contribution < 1.29 is 14.1 Å². The summed E-state index contributed by atoms with van der Waals surface area (Å²) in [6.07, 6.45) is 3.02. The second-order valence-corrected chi connectivity index (χ2v) is 6.20. The van der Waals surface area contributed by atoms with Gasteiger partial charge in [0.15, 0.2) is 5.78 Å². The molecule has 0 saturated heterocycles. The van der Waals surface area contributed by atoms with Crippen LogP contribution in [0, 0.1) is 10.1 Å². The molecule has 0 aliphatic heterocycles. The van der Waals surface area contributed by atoms with E-state index in [-0.39, 0.29) is 11.5 Å². The van der Waals surface area contributed by atoms with Gasteiger partial charge in [0.05, 0.1) is 10.5 Å². The third-order valence-corrected chi connectivity index (χ3v) is 4.45. The maximum Gasteiger partial charge on any atom is 0.280 e. The summed E-state index contributed by atoms with van der Waals surface area (Å²) in [5.74, 6) is 0.687. The van der Waals surface area contributed by atoms with Gasteiger partial charge in [-0.15, -0.1) is 0 Å². The van der Waals surface area contributed by atoms with Gasteiger partial charge >= 0.3 is 0 Å². The fraction of sp³-hybridized carbons (Fsp3) is 0. The van der Waals surface area contributed by atoms with Crippen molar-refractivity contribution in [2.24, 2.45) is 0 Å². The maximum atomic E-state index is 12.6. The van der Waals surface area contributed by atoms with Crippen LogP contribution in [0.5, 0.6) is 0 Å². The number of furan rings is 1. The van der Waals surface area contributed by atoms with Gasteiger partial charge in [0.25, 0.3) is 5.69 Å². The molecule has 0 radical (unpaired) electrons. The molecular weight excluding hydrogens is 354 g/mol. The molecule has 0 N–H and O–H groups in total. The second kappa shape index (κ2) is 7.32. The van der Waals surface area contributed by atoms with Crippen LogP contribution in [-0.4, -0.2) is 10.7 Å². The van der Waals surface area contributed by atoms with Crippen LogP contribution in [-0.2, 0) is 0 Å². The molecule has 4 rings (SSSR count). The first-order valence-corrected chi connectivity index (χ1v) is 8.67. The quantitative estimate of drug-likeness (QED) is 0.190. The van der Waals surface area contributed by atoms with E-state index < -0.39 is 4.92 Å². The molecular formula is C23H15NO4. The average Bonchev–Trinajstić information content (AvgIpc) is 3.20. The summed E-state index contributed by atoms with van der Waals surface area (Å²) in [5.41, 5.74) is 0.978. The molecule has 5 heteroatoms. The van der Waals surface area contributed by atoms with Crippen molar-refractivity contribution in [1.29, 1.82) is 0 Å². The van der Waals surface area contributed by atoms with Crippen LogP contribution in [0.4, 0.5) is 5.69 Å². The van der Waals surface area contributed by atoms with E-state index in [4.69, 9.17) is 4.42 Å². The second-order valence-electron chi connectivity index (χ2n) is 6.20. The van der Waals surface area contributed by atoms with E-state index in [2.05, 4.69) is 0 Å². The van der Waals surface area contributed by atoms with Gasteiger partial charge in [-0.2, -0.15) is 0 Å². The Labute approximate surface area is 160 Å². The molecule has 0 atom stereocenters. The number of nitrogens with zero attached hydrogens (tertiary/aromatic N) is 1. The molecule has 5 nitrogen and oxygen atoms in total. The van der Waals surface area contributed by atoms with Crippen LogP contribution in [0.3, 0.4) is 0 Å². The molecule has 136 valence electrons. The van der Waals surface area contributed by atoms with Gasteiger partial charge in [0.2, 0.25) is 0 Å². The van der Waals surface area contributed by atoms with Crippen LogP contribution >= 0.6 is 0 Å². The van der Waals surface area contributed by atoms with Crippen LogP contribution < -0.4 is 0 Å². The van der Waals surface area contributed by atoms with E-state index in [1.54, 1.807) is 42.5 Å². The van der Waals surface area contributed by atoms with Crippen molar-refractivity contribution in [3.63, 3.8) is 0 Å². The number of benzene rings is 3. The number of hydrogen-bond donors (Lipinski definition) is 0.